The Morgan fingerprint density at radius 2 is 2.21 bits per heavy atom. The zero-order valence-corrected chi connectivity index (χ0v) is 11.6. The van der Waals surface area contributed by atoms with Crippen molar-refractivity contribution in [2.45, 2.75) is 12.8 Å². The van der Waals surface area contributed by atoms with E-state index in [2.05, 4.69) is 0 Å². The first-order chi connectivity index (χ1) is 9.06. The van der Waals surface area contributed by atoms with Gasteiger partial charge in [-0.25, -0.2) is 4.39 Å². The van der Waals surface area contributed by atoms with Crippen molar-refractivity contribution in [2.75, 3.05) is 0 Å². The van der Waals surface area contributed by atoms with Crippen molar-refractivity contribution in [3.63, 3.8) is 0 Å². The lowest BCUT2D eigenvalue weighted by Gasteiger charge is -2.10. The fourth-order valence-corrected chi connectivity index (χ4v) is 2.85. The number of thiophene rings is 1. The third-order valence-corrected chi connectivity index (χ3v) is 4.09. The highest BCUT2D eigenvalue weighted by Gasteiger charge is 2.27. The average Bonchev–Trinajstić information content (AvgIpc) is 2.81. The molecule has 0 amide bonds. The van der Waals surface area contributed by atoms with Gasteiger partial charge in [-0.2, -0.15) is 5.26 Å². The Kier molecular flexibility index (Phi) is 3.98. The molecule has 96 valence electrons. The highest BCUT2D eigenvalue weighted by atomic mass is 35.5. The minimum Gasteiger partial charge on any atom is -0.291 e. The topological polar surface area (TPSA) is 40.9 Å². The summed E-state index contributed by atoms with van der Waals surface area (Å²) in [6.07, 6.45) is 0. The molecule has 0 saturated carbocycles. The Morgan fingerprint density at radius 1 is 1.47 bits per heavy atom. The summed E-state index contributed by atoms with van der Waals surface area (Å²) in [6, 6.07) is 7.98. The molecule has 0 bridgehead atoms. The van der Waals surface area contributed by atoms with Crippen LogP contribution in [0.15, 0.2) is 29.6 Å². The maximum atomic E-state index is 13.9. The van der Waals surface area contributed by atoms with Gasteiger partial charge >= 0.3 is 0 Å². The SMILES string of the molecule is Cc1ccsc1C(=O)C(C#N)c1cccc(Cl)c1F. The maximum Gasteiger partial charge on any atom is 0.194 e. The third kappa shape index (κ3) is 2.53. The molecule has 0 N–H and O–H groups in total. The number of nitriles is 1. The molecule has 1 heterocycles. The lowest BCUT2D eigenvalue weighted by molar-refractivity contribution is 0.0981. The second-order valence-electron chi connectivity index (χ2n) is 4.00. The standard InChI is InChI=1S/C14H9ClFNOS/c1-8-5-6-19-14(8)13(18)10(7-17)9-3-2-4-11(15)12(9)16/h2-6,10H,1H3. The van der Waals surface area contributed by atoms with E-state index in [0.717, 1.165) is 5.56 Å². The van der Waals surface area contributed by atoms with E-state index in [1.807, 2.05) is 6.07 Å². The number of Topliss-reactive ketones (excluding diaryl/α,β-unsaturated/α-hetero) is 1. The number of halogens is 2. The van der Waals surface area contributed by atoms with Gasteiger partial charge in [-0.1, -0.05) is 23.7 Å². The summed E-state index contributed by atoms with van der Waals surface area (Å²) < 4.78 is 13.9. The van der Waals surface area contributed by atoms with Crippen LogP contribution in [0.4, 0.5) is 4.39 Å². The van der Waals surface area contributed by atoms with Gasteiger partial charge in [0.2, 0.25) is 0 Å². The van der Waals surface area contributed by atoms with E-state index in [0.29, 0.717) is 4.88 Å². The molecule has 1 aromatic heterocycles. The number of rotatable bonds is 3. The summed E-state index contributed by atoms with van der Waals surface area (Å²) in [7, 11) is 0. The molecule has 0 aliphatic rings. The minimum absolute atomic E-state index is 0.0211. The van der Waals surface area contributed by atoms with E-state index in [4.69, 9.17) is 11.6 Å². The lowest BCUT2D eigenvalue weighted by Crippen LogP contribution is -2.12. The Labute approximate surface area is 119 Å². The third-order valence-electron chi connectivity index (χ3n) is 2.77. The van der Waals surface area contributed by atoms with Crippen LogP contribution in [0.3, 0.4) is 0 Å². The van der Waals surface area contributed by atoms with Crippen LogP contribution in [0.1, 0.15) is 26.7 Å². The summed E-state index contributed by atoms with van der Waals surface area (Å²) >= 11 is 6.93. The van der Waals surface area contributed by atoms with Crippen molar-refractivity contribution in [1.82, 2.24) is 0 Å². The Morgan fingerprint density at radius 3 is 2.79 bits per heavy atom. The van der Waals surface area contributed by atoms with Crippen molar-refractivity contribution < 1.29 is 9.18 Å². The van der Waals surface area contributed by atoms with Crippen LogP contribution < -0.4 is 0 Å². The van der Waals surface area contributed by atoms with Gasteiger partial charge in [-0.3, -0.25) is 4.79 Å². The summed E-state index contributed by atoms with van der Waals surface area (Å²) in [5.74, 6) is -2.27. The van der Waals surface area contributed by atoms with Crippen LogP contribution in [0.5, 0.6) is 0 Å². The second kappa shape index (κ2) is 5.52. The summed E-state index contributed by atoms with van der Waals surface area (Å²) in [5.41, 5.74) is 0.811. The predicted molar refractivity (Wildman–Crippen MR) is 73.2 cm³/mol. The molecule has 0 spiro atoms. The highest BCUT2D eigenvalue weighted by Crippen LogP contribution is 2.29. The van der Waals surface area contributed by atoms with Gasteiger partial charge in [0, 0.05) is 5.56 Å². The number of hydrogen-bond acceptors (Lipinski definition) is 3. The van der Waals surface area contributed by atoms with Crippen molar-refractivity contribution in [3.8, 4) is 6.07 Å². The maximum absolute atomic E-state index is 13.9. The summed E-state index contributed by atoms with van der Waals surface area (Å²) in [6.45, 7) is 1.78. The van der Waals surface area contributed by atoms with E-state index in [1.165, 1.54) is 29.5 Å². The number of carbonyl (C=O) groups excluding carboxylic acids is 1. The Hall–Kier alpha value is -1.70. The van der Waals surface area contributed by atoms with Gasteiger partial charge in [0.05, 0.1) is 16.0 Å². The lowest BCUT2D eigenvalue weighted by atomic mass is 9.94. The van der Waals surface area contributed by atoms with Crippen molar-refractivity contribution in [1.29, 1.82) is 5.26 Å². The van der Waals surface area contributed by atoms with Crippen LogP contribution in [0.25, 0.3) is 0 Å². The molecule has 2 rings (SSSR count). The van der Waals surface area contributed by atoms with Crippen molar-refractivity contribution >= 4 is 28.7 Å². The van der Waals surface area contributed by atoms with Crippen molar-refractivity contribution in [2.24, 2.45) is 0 Å². The molecule has 0 aliphatic heterocycles. The van der Waals surface area contributed by atoms with Gasteiger partial charge in [0.15, 0.2) is 5.78 Å². The fourth-order valence-electron chi connectivity index (χ4n) is 1.77. The molecule has 0 aliphatic carbocycles. The quantitative estimate of drug-likeness (QED) is 0.790. The van der Waals surface area contributed by atoms with Crippen LogP contribution in [-0.2, 0) is 0 Å². The second-order valence-corrected chi connectivity index (χ2v) is 5.33. The van der Waals surface area contributed by atoms with Gasteiger partial charge in [0.1, 0.15) is 11.7 Å². The molecular weight excluding hydrogens is 285 g/mol. The van der Waals surface area contributed by atoms with E-state index < -0.39 is 17.5 Å². The average molecular weight is 294 g/mol. The monoisotopic (exact) mass is 293 g/mol. The number of ketones is 1. The summed E-state index contributed by atoms with van der Waals surface area (Å²) in [5, 5.41) is 10.9. The van der Waals surface area contributed by atoms with Gasteiger partial charge < -0.3 is 0 Å². The molecule has 0 fully saturated rings. The molecule has 19 heavy (non-hydrogen) atoms. The molecule has 1 aromatic carbocycles. The fraction of sp³-hybridized carbons (Fsp3) is 0.143. The van der Waals surface area contributed by atoms with E-state index in [1.54, 1.807) is 18.4 Å². The first kappa shape index (κ1) is 13.7. The summed E-state index contributed by atoms with van der Waals surface area (Å²) in [4.78, 5) is 12.8. The van der Waals surface area contributed by atoms with E-state index >= 15 is 0 Å². The first-order valence-corrected chi connectivity index (χ1v) is 6.74. The molecule has 1 atom stereocenters. The first-order valence-electron chi connectivity index (χ1n) is 5.48. The number of carbonyl (C=O) groups is 1. The zero-order chi connectivity index (χ0) is 14.0. The van der Waals surface area contributed by atoms with Gasteiger partial charge in [-0.15, -0.1) is 11.3 Å². The predicted octanol–water partition coefficient (Wildman–Crippen LogP) is 4.34. The van der Waals surface area contributed by atoms with Gasteiger partial charge in [-0.05, 0) is 30.0 Å². The number of benzene rings is 1. The largest absolute Gasteiger partial charge is 0.291 e. The number of hydrogen-bond donors (Lipinski definition) is 0. The smallest absolute Gasteiger partial charge is 0.194 e. The highest BCUT2D eigenvalue weighted by molar-refractivity contribution is 7.12. The zero-order valence-electron chi connectivity index (χ0n) is 9.98. The minimum atomic E-state index is -1.17. The Balaban J connectivity index is 2.47. The van der Waals surface area contributed by atoms with E-state index in [9.17, 15) is 14.4 Å². The molecule has 2 nitrogen and oxygen atoms in total. The molecular formula is C14H9ClFNOS. The molecule has 0 saturated heterocycles. The van der Waals surface area contributed by atoms with Crippen LogP contribution in [-0.4, -0.2) is 5.78 Å². The van der Waals surface area contributed by atoms with E-state index in [-0.39, 0.29) is 10.6 Å². The number of nitrogens with zero attached hydrogens (tertiary/aromatic N) is 1. The van der Waals surface area contributed by atoms with Crippen LogP contribution in [0, 0.1) is 24.1 Å². The number of aryl methyl sites for hydroxylation is 1. The van der Waals surface area contributed by atoms with Crippen LogP contribution in [0.2, 0.25) is 5.02 Å². The molecule has 1 unspecified atom stereocenters. The van der Waals surface area contributed by atoms with Crippen LogP contribution >= 0.6 is 22.9 Å². The molecule has 2 aromatic rings. The Bertz CT molecular complexity index is 674. The molecule has 0 radical (unpaired) electrons. The molecule has 5 heteroatoms. The van der Waals surface area contributed by atoms with Gasteiger partial charge in [0.25, 0.3) is 0 Å². The van der Waals surface area contributed by atoms with Crippen molar-refractivity contribution in [3.05, 3.63) is 56.5 Å². The normalized spacial score (nSPS) is 11.9.